The number of halogens is 1. The van der Waals surface area contributed by atoms with Crippen LogP contribution >= 0.6 is 24.2 Å². The Morgan fingerprint density at radius 1 is 1.60 bits per heavy atom. The molecule has 1 aromatic carbocycles. The van der Waals surface area contributed by atoms with Gasteiger partial charge in [-0.05, 0) is 12.5 Å². The molecule has 4 nitrogen and oxygen atoms in total. The molecule has 80 valence electrons. The van der Waals surface area contributed by atoms with Crippen molar-refractivity contribution >= 4 is 35.7 Å². The minimum atomic E-state index is -0.891. The van der Waals surface area contributed by atoms with E-state index in [9.17, 15) is 14.9 Å². The molecule has 0 aromatic heterocycles. The average Bonchev–Trinajstić information content (AvgIpc) is 2.16. The predicted molar refractivity (Wildman–Crippen MR) is 59.6 cm³/mol. The van der Waals surface area contributed by atoms with E-state index in [0.717, 1.165) is 0 Å². The molecule has 1 rings (SSSR count). The predicted octanol–water partition coefficient (Wildman–Crippen LogP) is 2.75. The van der Waals surface area contributed by atoms with E-state index in [1.165, 1.54) is 19.1 Å². The lowest BCUT2D eigenvalue weighted by Crippen LogP contribution is -2.04. The lowest BCUT2D eigenvalue weighted by atomic mass is 10.1. The van der Waals surface area contributed by atoms with Crippen molar-refractivity contribution in [1.82, 2.24) is 0 Å². The van der Waals surface area contributed by atoms with Crippen LogP contribution in [0, 0.1) is 10.1 Å². The van der Waals surface area contributed by atoms with Crippen LogP contribution in [0.3, 0.4) is 0 Å². The van der Waals surface area contributed by atoms with Crippen molar-refractivity contribution in [3.8, 4) is 0 Å². The molecule has 0 aliphatic heterocycles. The third kappa shape index (κ3) is 2.49. The Bertz CT molecular complexity index is 422. The molecule has 0 spiro atoms. The van der Waals surface area contributed by atoms with Gasteiger partial charge in [0.1, 0.15) is 5.38 Å². The highest BCUT2D eigenvalue weighted by atomic mass is 35.5. The molecule has 15 heavy (non-hydrogen) atoms. The molecular weight excluding hydrogens is 238 g/mol. The molecule has 0 bridgehead atoms. The monoisotopic (exact) mass is 245 g/mol. The van der Waals surface area contributed by atoms with E-state index in [1.807, 2.05) is 0 Å². The molecule has 6 heteroatoms. The maximum Gasteiger partial charge on any atom is 0.282 e. The number of hydrogen-bond donors (Lipinski definition) is 1. The maximum atomic E-state index is 11.0. The summed E-state index contributed by atoms with van der Waals surface area (Å²) in [6, 6.07) is 4.34. The number of benzene rings is 1. The molecule has 0 radical (unpaired) electrons. The van der Waals surface area contributed by atoms with Crippen molar-refractivity contribution in [2.75, 3.05) is 0 Å². The Morgan fingerprint density at radius 2 is 2.20 bits per heavy atom. The molecule has 0 N–H and O–H groups in total. The van der Waals surface area contributed by atoms with Crippen molar-refractivity contribution in [2.45, 2.75) is 17.2 Å². The highest BCUT2D eigenvalue weighted by Crippen LogP contribution is 2.33. The zero-order valence-electron chi connectivity index (χ0n) is 7.81. The molecule has 0 fully saturated rings. The second kappa shape index (κ2) is 4.63. The third-order valence-corrected chi connectivity index (χ3v) is 2.90. The van der Waals surface area contributed by atoms with Crippen molar-refractivity contribution in [3.63, 3.8) is 0 Å². The van der Waals surface area contributed by atoms with E-state index >= 15 is 0 Å². The van der Waals surface area contributed by atoms with E-state index in [2.05, 4.69) is 12.6 Å². The number of hydrogen-bond acceptors (Lipinski definition) is 4. The zero-order valence-corrected chi connectivity index (χ0v) is 9.46. The average molecular weight is 246 g/mol. The number of carbonyl (C=O) groups is 1. The van der Waals surface area contributed by atoms with Gasteiger partial charge in [-0.2, -0.15) is 0 Å². The number of Topliss-reactive ketones (excluding diaryl/α,β-unsaturated/α-hetero) is 1. The standard InChI is InChI=1S/C9H8ClNO3S/c1-5(12)8(10)6-3-2-4-7(9(6)15)11(13)14/h2-4,8,15H,1H3. The first-order valence-electron chi connectivity index (χ1n) is 4.06. The number of nitro benzene ring substituents is 1. The van der Waals surface area contributed by atoms with Crippen LogP contribution in [0.15, 0.2) is 23.1 Å². The van der Waals surface area contributed by atoms with E-state index in [-0.39, 0.29) is 16.4 Å². The first-order valence-corrected chi connectivity index (χ1v) is 4.94. The topological polar surface area (TPSA) is 60.2 Å². The maximum absolute atomic E-state index is 11.0. The van der Waals surface area contributed by atoms with Gasteiger partial charge in [-0.25, -0.2) is 0 Å². The van der Waals surface area contributed by atoms with Crippen LogP contribution in [0.5, 0.6) is 0 Å². The van der Waals surface area contributed by atoms with Gasteiger partial charge in [0.2, 0.25) is 0 Å². The normalized spacial score (nSPS) is 12.2. The first kappa shape index (κ1) is 12.0. The smallest absolute Gasteiger partial charge is 0.282 e. The SMILES string of the molecule is CC(=O)C(Cl)c1cccc([N+](=O)[O-])c1S. The molecule has 1 atom stereocenters. The van der Waals surface area contributed by atoms with Gasteiger partial charge in [-0.15, -0.1) is 24.2 Å². The van der Waals surface area contributed by atoms with Crippen molar-refractivity contribution in [3.05, 3.63) is 33.9 Å². The van der Waals surface area contributed by atoms with E-state index < -0.39 is 10.3 Å². The molecule has 0 aliphatic carbocycles. The van der Waals surface area contributed by atoms with Gasteiger partial charge in [-0.3, -0.25) is 14.9 Å². The molecule has 0 heterocycles. The lowest BCUT2D eigenvalue weighted by Gasteiger charge is -2.08. The fourth-order valence-corrected chi connectivity index (χ4v) is 1.74. The molecule has 0 amide bonds. The van der Waals surface area contributed by atoms with Crippen molar-refractivity contribution in [1.29, 1.82) is 0 Å². The fourth-order valence-electron chi connectivity index (χ4n) is 1.12. The summed E-state index contributed by atoms with van der Waals surface area (Å²) in [7, 11) is 0. The van der Waals surface area contributed by atoms with Crippen LogP contribution in [-0.4, -0.2) is 10.7 Å². The molecule has 1 aromatic rings. The van der Waals surface area contributed by atoms with E-state index in [0.29, 0.717) is 5.56 Å². The molecule has 0 saturated heterocycles. The summed E-state index contributed by atoms with van der Waals surface area (Å²) in [6.45, 7) is 1.32. The Kier molecular flexibility index (Phi) is 3.71. The van der Waals surface area contributed by atoms with Crippen LogP contribution in [0.4, 0.5) is 5.69 Å². The van der Waals surface area contributed by atoms with E-state index in [1.54, 1.807) is 6.07 Å². The minimum Gasteiger partial charge on any atom is -0.298 e. The Hall–Kier alpha value is -1.07. The molecule has 0 saturated carbocycles. The van der Waals surface area contributed by atoms with Gasteiger partial charge in [-0.1, -0.05) is 12.1 Å². The van der Waals surface area contributed by atoms with Crippen LogP contribution in [0.2, 0.25) is 0 Å². The summed E-state index contributed by atoms with van der Waals surface area (Å²) >= 11 is 9.81. The zero-order chi connectivity index (χ0) is 11.6. The van der Waals surface area contributed by atoms with Gasteiger partial charge < -0.3 is 0 Å². The number of ketones is 1. The molecule has 1 unspecified atom stereocenters. The van der Waals surface area contributed by atoms with Gasteiger partial charge in [0.25, 0.3) is 5.69 Å². The quantitative estimate of drug-likeness (QED) is 0.386. The largest absolute Gasteiger partial charge is 0.298 e. The van der Waals surface area contributed by atoms with Gasteiger partial charge >= 0.3 is 0 Å². The summed E-state index contributed by atoms with van der Waals surface area (Å²) in [5.74, 6) is -0.271. The number of alkyl halides is 1. The molecule has 0 aliphatic rings. The third-order valence-electron chi connectivity index (χ3n) is 1.87. The number of carbonyl (C=O) groups excluding carboxylic acids is 1. The lowest BCUT2D eigenvalue weighted by molar-refractivity contribution is -0.387. The van der Waals surface area contributed by atoms with Crippen LogP contribution in [-0.2, 0) is 4.79 Å². The minimum absolute atomic E-state index is 0.137. The number of nitrogens with zero attached hydrogens (tertiary/aromatic N) is 1. The van der Waals surface area contributed by atoms with Gasteiger partial charge in [0, 0.05) is 6.07 Å². The second-order valence-electron chi connectivity index (χ2n) is 2.95. The van der Waals surface area contributed by atoms with Crippen LogP contribution < -0.4 is 0 Å². The van der Waals surface area contributed by atoms with Crippen LogP contribution in [0.1, 0.15) is 17.9 Å². The molecular formula is C9H8ClNO3S. The Balaban J connectivity index is 3.26. The Labute approximate surface area is 96.8 Å². The van der Waals surface area contributed by atoms with Crippen molar-refractivity contribution in [2.24, 2.45) is 0 Å². The van der Waals surface area contributed by atoms with Gasteiger partial charge in [0.15, 0.2) is 5.78 Å². The number of thiol groups is 1. The highest BCUT2D eigenvalue weighted by molar-refractivity contribution is 7.80. The second-order valence-corrected chi connectivity index (χ2v) is 3.83. The fraction of sp³-hybridized carbons (Fsp3) is 0.222. The van der Waals surface area contributed by atoms with Crippen molar-refractivity contribution < 1.29 is 9.72 Å². The summed E-state index contributed by atoms with van der Waals surface area (Å²) < 4.78 is 0. The Morgan fingerprint density at radius 3 is 2.67 bits per heavy atom. The summed E-state index contributed by atoms with van der Waals surface area (Å²) in [6.07, 6.45) is 0. The number of rotatable bonds is 3. The van der Waals surface area contributed by atoms with Gasteiger partial charge in [0.05, 0.1) is 9.82 Å². The van der Waals surface area contributed by atoms with E-state index in [4.69, 9.17) is 11.6 Å². The number of nitro groups is 1. The summed E-state index contributed by atoms with van der Waals surface area (Å²) in [5, 5.41) is 9.70. The van der Waals surface area contributed by atoms with Crippen LogP contribution in [0.25, 0.3) is 0 Å². The summed E-state index contributed by atoms with van der Waals surface area (Å²) in [4.78, 5) is 21.2. The highest BCUT2D eigenvalue weighted by Gasteiger charge is 2.21. The first-order chi connectivity index (χ1) is 6.95. The summed E-state index contributed by atoms with van der Waals surface area (Å²) in [5.41, 5.74) is 0.212.